The van der Waals surface area contributed by atoms with Crippen molar-refractivity contribution in [1.29, 1.82) is 0 Å². The molecule has 72 valence electrons. The molecule has 0 aliphatic carbocycles. The molecule has 0 fully saturated rings. The van der Waals surface area contributed by atoms with E-state index in [1.165, 1.54) is 0 Å². The second-order valence-electron chi connectivity index (χ2n) is 2.79. The number of rotatable bonds is 4. The van der Waals surface area contributed by atoms with Gasteiger partial charge in [-0.2, -0.15) is 0 Å². The van der Waals surface area contributed by atoms with Crippen molar-refractivity contribution in [3.05, 3.63) is 22.3 Å². The predicted molar refractivity (Wildman–Crippen MR) is 55.8 cm³/mol. The Balaban J connectivity index is 2.56. The fourth-order valence-corrected chi connectivity index (χ4v) is 1.46. The SMILES string of the molecule is Cc1cnc(OCCCN)c(Br)c1. The van der Waals surface area contributed by atoms with E-state index in [9.17, 15) is 0 Å². The van der Waals surface area contributed by atoms with Crippen molar-refractivity contribution in [3.8, 4) is 5.88 Å². The lowest BCUT2D eigenvalue weighted by molar-refractivity contribution is 0.299. The zero-order valence-electron chi connectivity index (χ0n) is 7.59. The third-order valence-corrected chi connectivity index (χ3v) is 2.10. The number of pyridine rings is 1. The molecule has 4 heteroatoms. The van der Waals surface area contributed by atoms with Crippen LogP contribution in [-0.4, -0.2) is 18.1 Å². The first-order chi connectivity index (χ1) is 6.24. The summed E-state index contributed by atoms with van der Waals surface area (Å²) in [6, 6.07) is 1.98. The molecular weight excluding hydrogens is 232 g/mol. The third kappa shape index (κ3) is 3.32. The van der Waals surface area contributed by atoms with Gasteiger partial charge in [-0.3, -0.25) is 0 Å². The normalized spacial score (nSPS) is 10.1. The van der Waals surface area contributed by atoms with Crippen molar-refractivity contribution in [3.63, 3.8) is 0 Å². The van der Waals surface area contributed by atoms with Crippen LogP contribution in [0.3, 0.4) is 0 Å². The highest BCUT2D eigenvalue weighted by Gasteiger charge is 2.01. The van der Waals surface area contributed by atoms with E-state index in [1.54, 1.807) is 6.20 Å². The van der Waals surface area contributed by atoms with Crippen molar-refractivity contribution >= 4 is 15.9 Å². The molecule has 0 radical (unpaired) electrons. The largest absolute Gasteiger partial charge is 0.477 e. The predicted octanol–water partition coefficient (Wildman–Crippen LogP) is 1.88. The summed E-state index contributed by atoms with van der Waals surface area (Å²) in [5.74, 6) is 0.638. The molecular formula is C9H13BrN2O. The molecule has 0 aliphatic heterocycles. The minimum atomic E-state index is 0.616. The maximum Gasteiger partial charge on any atom is 0.227 e. The molecule has 2 N–H and O–H groups in total. The number of halogens is 1. The van der Waals surface area contributed by atoms with Crippen molar-refractivity contribution in [2.24, 2.45) is 5.73 Å². The van der Waals surface area contributed by atoms with Gasteiger partial charge >= 0.3 is 0 Å². The van der Waals surface area contributed by atoms with Crippen LogP contribution < -0.4 is 10.5 Å². The molecule has 0 bridgehead atoms. The Hall–Kier alpha value is -0.610. The summed E-state index contributed by atoms with van der Waals surface area (Å²) in [7, 11) is 0. The van der Waals surface area contributed by atoms with E-state index >= 15 is 0 Å². The fourth-order valence-electron chi connectivity index (χ4n) is 0.879. The molecule has 1 rings (SSSR count). The van der Waals surface area contributed by atoms with E-state index in [2.05, 4.69) is 20.9 Å². The Kier molecular flexibility index (Phi) is 4.18. The quantitative estimate of drug-likeness (QED) is 0.824. The van der Waals surface area contributed by atoms with Crippen LogP contribution in [0.2, 0.25) is 0 Å². The topological polar surface area (TPSA) is 48.1 Å². The third-order valence-electron chi connectivity index (χ3n) is 1.53. The number of nitrogens with two attached hydrogens (primary N) is 1. The zero-order chi connectivity index (χ0) is 9.68. The Morgan fingerprint density at radius 3 is 3.00 bits per heavy atom. The van der Waals surface area contributed by atoms with Gasteiger partial charge in [0.1, 0.15) is 0 Å². The molecule has 1 heterocycles. The van der Waals surface area contributed by atoms with Crippen LogP contribution in [0, 0.1) is 6.92 Å². The van der Waals surface area contributed by atoms with Gasteiger partial charge in [0.05, 0.1) is 11.1 Å². The van der Waals surface area contributed by atoms with E-state index in [4.69, 9.17) is 10.5 Å². The molecule has 0 atom stereocenters. The standard InChI is InChI=1S/C9H13BrN2O/c1-7-5-8(10)9(12-6-7)13-4-2-3-11/h5-6H,2-4,11H2,1H3. The number of hydrogen-bond donors (Lipinski definition) is 1. The Morgan fingerprint density at radius 2 is 2.38 bits per heavy atom. The van der Waals surface area contributed by atoms with Crippen molar-refractivity contribution in [2.45, 2.75) is 13.3 Å². The molecule has 0 saturated heterocycles. The van der Waals surface area contributed by atoms with Crippen LogP contribution in [0.4, 0.5) is 0 Å². The van der Waals surface area contributed by atoms with Gasteiger partial charge in [-0.05, 0) is 47.4 Å². The summed E-state index contributed by atoms with van der Waals surface area (Å²) in [4.78, 5) is 4.14. The van der Waals surface area contributed by atoms with E-state index < -0.39 is 0 Å². The lowest BCUT2D eigenvalue weighted by atomic mass is 10.3. The van der Waals surface area contributed by atoms with Gasteiger partial charge in [0, 0.05) is 6.20 Å². The number of aryl methyl sites for hydroxylation is 1. The molecule has 0 aromatic carbocycles. The van der Waals surface area contributed by atoms with Gasteiger partial charge < -0.3 is 10.5 Å². The molecule has 1 aromatic heterocycles. The first kappa shape index (κ1) is 10.5. The highest BCUT2D eigenvalue weighted by molar-refractivity contribution is 9.10. The van der Waals surface area contributed by atoms with Gasteiger partial charge in [0.15, 0.2) is 0 Å². The molecule has 0 aliphatic rings. The van der Waals surface area contributed by atoms with Crippen LogP contribution >= 0.6 is 15.9 Å². The summed E-state index contributed by atoms with van der Waals surface area (Å²) in [5.41, 5.74) is 6.45. The average molecular weight is 245 g/mol. The van der Waals surface area contributed by atoms with Gasteiger partial charge in [-0.15, -0.1) is 0 Å². The van der Waals surface area contributed by atoms with Crippen molar-refractivity contribution in [2.75, 3.05) is 13.2 Å². The Morgan fingerprint density at radius 1 is 1.62 bits per heavy atom. The first-order valence-corrected chi connectivity index (χ1v) is 4.98. The monoisotopic (exact) mass is 244 g/mol. The zero-order valence-corrected chi connectivity index (χ0v) is 9.17. The van der Waals surface area contributed by atoms with Crippen LogP contribution in [-0.2, 0) is 0 Å². The lowest BCUT2D eigenvalue weighted by Gasteiger charge is -2.06. The summed E-state index contributed by atoms with van der Waals surface area (Å²) < 4.78 is 6.29. The smallest absolute Gasteiger partial charge is 0.227 e. The highest BCUT2D eigenvalue weighted by atomic mass is 79.9. The number of nitrogens with zero attached hydrogens (tertiary/aromatic N) is 1. The number of aromatic nitrogens is 1. The summed E-state index contributed by atoms with van der Waals surface area (Å²) in [6.07, 6.45) is 2.63. The minimum Gasteiger partial charge on any atom is -0.477 e. The maximum atomic E-state index is 5.39. The van der Waals surface area contributed by atoms with Crippen LogP contribution in [0.25, 0.3) is 0 Å². The summed E-state index contributed by atoms with van der Waals surface area (Å²) >= 11 is 3.38. The lowest BCUT2D eigenvalue weighted by Crippen LogP contribution is -2.07. The summed E-state index contributed by atoms with van der Waals surface area (Å²) in [5, 5.41) is 0. The van der Waals surface area contributed by atoms with E-state index in [-0.39, 0.29) is 0 Å². The molecule has 1 aromatic rings. The van der Waals surface area contributed by atoms with E-state index in [0.29, 0.717) is 19.0 Å². The first-order valence-electron chi connectivity index (χ1n) is 4.19. The van der Waals surface area contributed by atoms with Gasteiger partial charge in [-0.1, -0.05) is 0 Å². The van der Waals surface area contributed by atoms with Crippen molar-refractivity contribution in [1.82, 2.24) is 4.98 Å². The van der Waals surface area contributed by atoms with Crippen LogP contribution in [0.5, 0.6) is 5.88 Å². The number of ether oxygens (including phenoxy) is 1. The van der Waals surface area contributed by atoms with E-state index in [0.717, 1.165) is 16.5 Å². The van der Waals surface area contributed by atoms with Gasteiger partial charge in [0.2, 0.25) is 5.88 Å². The minimum absolute atomic E-state index is 0.616. The van der Waals surface area contributed by atoms with Crippen LogP contribution in [0.1, 0.15) is 12.0 Å². The van der Waals surface area contributed by atoms with Gasteiger partial charge in [0.25, 0.3) is 0 Å². The molecule has 0 amide bonds. The number of hydrogen-bond acceptors (Lipinski definition) is 3. The second kappa shape index (κ2) is 5.19. The molecule has 13 heavy (non-hydrogen) atoms. The van der Waals surface area contributed by atoms with Crippen molar-refractivity contribution < 1.29 is 4.74 Å². The maximum absolute atomic E-state index is 5.39. The fraction of sp³-hybridized carbons (Fsp3) is 0.444. The second-order valence-corrected chi connectivity index (χ2v) is 3.64. The van der Waals surface area contributed by atoms with Crippen LogP contribution in [0.15, 0.2) is 16.7 Å². The average Bonchev–Trinajstić information content (AvgIpc) is 2.09. The van der Waals surface area contributed by atoms with E-state index in [1.807, 2.05) is 13.0 Å². The highest BCUT2D eigenvalue weighted by Crippen LogP contribution is 2.22. The molecule has 0 spiro atoms. The summed E-state index contributed by atoms with van der Waals surface area (Å²) in [6.45, 7) is 3.25. The van der Waals surface area contributed by atoms with Gasteiger partial charge in [-0.25, -0.2) is 4.98 Å². The Labute approximate surface area is 86.4 Å². The molecule has 0 unspecified atom stereocenters. The Bertz CT molecular complexity index is 278. The molecule has 0 saturated carbocycles. The molecule has 3 nitrogen and oxygen atoms in total.